The Bertz CT molecular complexity index is 404. The Kier molecular flexibility index (Phi) is 4.69. The highest BCUT2D eigenvalue weighted by Crippen LogP contribution is 2.22. The molecule has 4 heteroatoms. The summed E-state index contributed by atoms with van der Waals surface area (Å²) < 4.78 is 0. The number of carbonyl (C=O) groups excluding carboxylic acids is 2. The number of hydrogen-bond acceptors (Lipinski definition) is 2. The maximum atomic E-state index is 10.5. The van der Waals surface area contributed by atoms with Crippen LogP contribution < -0.4 is 10.6 Å². The number of carbonyl (C=O) groups is 2. The molecule has 2 N–H and O–H groups in total. The van der Waals surface area contributed by atoms with Crippen molar-refractivity contribution in [2.75, 3.05) is 0 Å². The molecule has 0 bridgehead atoms. The quantitative estimate of drug-likeness (QED) is 0.735. The lowest BCUT2D eigenvalue weighted by Crippen LogP contribution is -2.19. The molecule has 0 fully saturated rings. The van der Waals surface area contributed by atoms with Crippen LogP contribution in [0.3, 0.4) is 0 Å². The molecule has 4 nitrogen and oxygen atoms in total. The van der Waals surface area contributed by atoms with E-state index in [4.69, 9.17) is 0 Å². The minimum absolute atomic E-state index is 0.0316. The lowest BCUT2D eigenvalue weighted by Gasteiger charge is -2.18. The molecule has 0 radical (unpaired) electrons. The molecular weight excluding hydrogens is 216 g/mol. The van der Waals surface area contributed by atoms with Crippen molar-refractivity contribution < 1.29 is 9.59 Å². The lowest BCUT2D eigenvalue weighted by molar-refractivity contribution is -0.110. The monoisotopic (exact) mass is 234 g/mol. The van der Waals surface area contributed by atoms with Crippen LogP contribution in [-0.2, 0) is 9.59 Å². The summed E-state index contributed by atoms with van der Waals surface area (Å²) >= 11 is 0. The first-order valence-corrected chi connectivity index (χ1v) is 5.60. The van der Waals surface area contributed by atoms with Crippen molar-refractivity contribution >= 4 is 12.8 Å². The summed E-state index contributed by atoms with van der Waals surface area (Å²) in [6.45, 7) is 5.85. The summed E-state index contributed by atoms with van der Waals surface area (Å²) in [7, 11) is 0. The van der Waals surface area contributed by atoms with Crippen LogP contribution in [0.1, 0.15) is 42.6 Å². The predicted molar refractivity (Wildman–Crippen MR) is 66.4 cm³/mol. The van der Waals surface area contributed by atoms with E-state index >= 15 is 0 Å². The molecule has 2 atom stereocenters. The van der Waals surface area contributed by atoms with Crippen LogP contribution in [0.25, 0.3) is 0 Å². The molecule has 0 saturated heterocycles. The molecule has 0 aliphatic carbocycles. The summed E-state index contributed by atoms with van der Waals surface area (Å²) in [6, 6.07) is 5.92. The van der Waals surface area contributed by atoms with Gasteiger partial charge < -0.3 is 10.6 Å². The van der Waals surface area contributed by atoms with Crippen molar-refractivity contribution in [3.05, 3.63) is 34.9 Å². The van der Waals surface area contributed by atoms with Crippen LogP contribution in [0.2, 0.25) is 0 Å². The molecule has 1 aromatic carbocycles. The van der Waals surface area contributed by atoms with Gasteiger partial charge in [-0.1, -0.05) is 18.2 Å². The van der Waals surface area contributed by atoms with Gasteiger partial charge in [-0.05, 0) is 37.5 Å². The van der Waals surface area contributed by atoms with Crippen LogP contribution in [0, 0.1) is 6.92 Å². The van der Waals surface area contributed by atoms with Crippen molar-refractivity contribution in [3.63, 3.8) is 0 Å². The second kappa shape index (κ2) is 6.03. The Labute approximate surface area is 101 Å². The van der Waals surface area contributed by atoms with Crippen LogP contribution >= 0.6 is 0 Å². The minimum atomic E-state index is -0.0321. The minimum Gasteiger partial charge on any atom is -0.352 e. The second-order valence-electron chi connectivity index (χ2n) is 4.13. The number of rotatable bonds is 6. The van der Waals surface area contributed by atoms with E-state index in [2.05, 4.69) is 10.6 Å². The molecule has 1 rings (SSSR count). The van der Waals surface area contributed by atoms with Crippen molar-refractivity contribution in [3.8, 4) is 0 Å². The highest BCUT2D eigenvalue weighted by Gasteiger charge is 2.11. The zero-order chi connectivity index (χ0) is 12.8. The molecule has 0 aromatic heterocycles. The third-order valence-corrected chi connectivity index (χ3v) is 2.91. The van der Waals surface area contributed by atoms with Crippen molar-refractivity contribution in [1.29, 1.82) is 0 Å². The molecule has 0 aliphatic heterocycles. The third kappa shape index (κ3) is 3.31. The molecule has 0 aliphatic rings. The molecule has 0 heterocycles. The summed E-state index contributed by atoms with van der Waals surface area (Å²) in [4.78, 5) is 20.9. The normalized spacial score (nSPS) is 13.6. The van der Waals surface area contributed by atoms with Gasteiger partial charge >= 0.3 is 0 Å². The average Bonchev–Trinajstić information content (AvgIpc) is 2.30. The zero-order valence-electron chi connectivity index (χ0n) is 10.4. The molecule has 0 saturated carbocycles. The molecule has 92 valence electrons. The summed E-state index contributed by atoms with van der Waals surface area (Å²) in [5.74, 6) is 0. The van der Waals surface area contributed by atoms with Crippen LogP contribution in [0.5, 0.6) is 0 Å². The largest absolute Gasteiger partial charge is 0.352 e. The number of nitrogens with one attached hydrogen (secondary N) is 2. The van der Waals surface area contributed by atoms with E-state index in [1.54, 1.807) is 0 Å². The average molecular weight is 234 g/mol. The van der Waals surface area contributed by atoms with Crippen molar-refractivity contribution in [2.45, 2.75) is 32.9 Å². The smallest absolute Gasteiger partial charge is 0.207 e. The van der Waals surface area contributed by atoms with Crippen LogP contribution in [-0.4, -0.2) is 12.8 Å². The molecule has 17 heavy (non-hydrogen) atoms. The van der Waals surface area contributed by atoms with Gasteiger partial charge in [-0.3, -0.25) is 9.59 Å². The van der Waals surface area contributed by atoms with Gasteiger partial charge in [0, 0.05) is 0 Å². The highest BCUT2D eigenvalue weighted by atomic mass is 16.1. The Morgan fingerprint density at radius 3 is 2.24 bits per heavy atom. The molecular formula is C13H18N2O2. The first-order valence-electron chi connectivity index (χ1n) is 5.60. The van der Waals surface area contributed by atoms with Gasteiger partial charge in [-0.15, -0.1) is 0 Å². The van der Waals surface area contributed by atoms with E-state index in [1.807, 2.05) is 39.0 Å². The molecule has 0 spiro atoms. The van der Waals surface area contributed by atoms with Crippen molar-refractivity contribution in [2.24, 2.45) is 0 Å². The number of benzene rings is 1. The fraction of sp³-hybridized carbons (Fsp3) is 0.385. The fourth-order valence-electron chi connectivity index (χ4n) is 1.78. The van der Waals surface area contributed by atoms with Gasteiger partial charge in [-0.2, -0.15) is 0 Å². The summed E-state index contributed by atoms with van der Waals surface area (Å²) in [5, 5.41) is 5.44. The first kappa shape index (κ1) is 13.2. The predicted octanol–water partition coefficient (Wildman–Crippen LogP) is 1.61. The Morgan fingerprint density at radius 2 is 1.65 bits per heavy atom. The second-order valence-corrected chi connectivity index (χ2v) is 4.13. The van der Waals surface area contributed by atoms with E-state index in [1.165, 1.54) is 0 Å². The highest BCUT2D eigenvalue weighted by molar-refractivity contribution is 5.50. The molecule has 2 unspecified atom stereocenters. The Balaban J connectivity index is 3.00. The van der Waals surface area contributed by atoms with E-state index in [0.29, 0.717) is 12.8 Å². The van der Waals surface area contributed by atoms with Gasteiger partial charge in [-0.25, -0.2) is 0 Å². The Morgan fingerprint density at radius 1 is 1.06 bits per heavy atom. The fourth-order valence-corrected chi connectivity index (χ4v) is 1.78. The first-order chi connectivity index (χ1) is 8.10. The van der Waals surface area contributed by atoms with Crippen LogP contribution in [0.15, 0.2) is 18.2 Å². The maximum Gasteiger partial charge on any atom is 0.207 e. The van der Waals surface area contributed by atoms with E-state index in [9.17, 15) is 9.59 Å². The number of hydrogen-bond donors (Lipinski definition) is 2. The summed E-state index contributed by atoms with van der Waals surface area (Å²) in [5.41, 5.74) is 3.21. The van der Waals surface area contributed by atoms with E-state index < -0.39 is 0 Å². The van der Waals surface area contributed by atoms with E-state index in [-0.39, 0.29) is 12.1 Å². The maximum absolute atomic E-state index is 10.5. The SMILES string of the molecule is Cc1ccc(C(C)NC=O)cc1C(C)NC=O. The van der Waals surface area contributed by atoms with Gasteiger partial charge in [0.15, 0.2) is 0 Å². The van der Waals surface area contributed by atoms with Crippen LogP contribution in [0.4, 0.5) is 0 Å². The van der Waals surface area contributed by atoms with Gasteiger partial charge in [0.2, 0.25) is 12.8 Å². The molecule has 1 aromatic rings. The third-order valence-electron chi connectivity index (χ3n) is 2.91. The van der Waals surface area contributed by atoms with Crippen molar-refractivity contribution in [1.82, 2.24) is 10.6 Å². The lowest BCUT2D eigenvalue weighted by atomic mass is 9.97. The number of amides is 2. The Hall–Kier alpha value is -1.84. The standard InChI is InChI=1S/C13H18N2O2/c1-9-4-5-12(10(2)14-7-16)6-13(9)11(3)15-8-17/h4-8,10-11H,1-3H3,(H,14,16)(H,15,17). The zero-order valence-corrected chi connectivity index (χ0v) is 10.4. The summed E-state index contributed by atoms with van der Waals surface area (Å²) in [6.07, 6.45) is 1.39. The van der Waals surface area contributed by atoms with Gasteiger partial charge in [0.25, 0.3) is 0 Å². The topological polar surface area (TPSA) is 58.2 Å². The van der Waals surface area contributed by atoms with Gasteiger partial charge in [0.1, 0.15) is 0 Å². The molecule has 2 amide bonds. The van der Waals surface area contributed by atoms with E-state index in [0.717, 1.165) is 16.7 Å². The number of aryl methyl sites for hydroxylation is 1. The van der Waals surface area contributed by atoms with Gasteiger partial charge in [0.05, 0.1) is 12.1 Å².